The van der Waals surface area contributed by atoms with E-state index in [4.69, 9.17) is 4.74 Å². The van der Waals surface area contributed by atoms with Crippen molar-refractivity contribution in [2.24, 2.45) is 0 Å². The number of aliphatic hydroxyl groups excluding tert-OH is 1. The third kappa shape index (κ3) is 2.97. The van der Waals surface area contributed by atoms with Crippen LogP contribution in [0.2, 0.25) is 0 Å². The second-order valence-corrected chi connectivity index (χ2v) is 8.49. The second-order valence-electron chi connectivity index (χ2n) is 6.59. The molecule has 0 saturated carbocycles. The molecule has 3 aromatic rings. The molecule has 0 spiro atoms. The van der Waals surface area contributed by atoms with Gasteiger partial charge >= 0.3 is 0 Å². The summed E-state index contributed by atoms with van der Waals surface area (Å²) in [5, 5.41) is 18.8. The second kappa shape index (κ2) is 6.59. The molecule has 2 aromatic carbocycles. The minimum Gasteiger partial charge on any atom is -0.496 e. The molecule has 1 N–H and O–H groups in total. The van der Waals surface area contributed by atoms with Gasteiger partial charge in [-0.15, -0.1) is 5.10 Å². The Balaban J connectivity index is 1.61. The molecule has 9 heteroatoms. The summed E-state index contributed by atoms with van der Waals surface area (Å²) < 4.78 is 34.6. The van der Waals surface area contributed by atoms with Gasteiger partial charge in [0.1, 0.15) is 11.4 Å². The molecule has 0 amide bonds. The van der Waals surface area contributed by atoms with Gasteiger partial charge in [0, 0.05) is 23.9 Å². The molecule has 0 bridgehead atoms. The summed E-state index contributed by atoms with van der Waals surface area (Å²) >= 11 is 0. The zero-order chi connectivity index (χ0) is 19.2. The van der Waals surface area contributed by atoms with Crippen LogP contribution < -0.4 is 4.74 Å². The third-order valence-electron chi connectivity index (χ3n) is 4.84. The fourth-order valence-corrected chi connectivity index (χ4v) is 4.94. The van der Waals surface area contributed by atoms with E-state index in [1.54, 1.807) is 43.1 Å². The summed E-state index contributed by atoms with van der Waals surface area (Å²) in [5.74, 6) is 0.638. The number of methoxy groups -OCH3 is 1. The Labute approximate surface area is 157 Å². The maximum Gasteiger partial charge on any atom is 0.243 e. The van der Waals surface area contributed by atoms with E-state index < -0.39 is 16.1 Å². The van der Waals surface area contributed by atoms with Crippen molar-refractivity contribution in [2.75, 3.05) is 20.2 Å². The maximum atomic E-state index is 13.1. The molecule has 1 saturated heterocycles. The predicted molar refractivity (Wildman–Crippen MR) is 99.0 cm³/mol. The van der Waals surface area contributed by atoms with Gasteiger partial charge in [-0.1, -0.05) is 29.5 Å². The van der Waals surface area contributed by atoms with Crippen molar-refractivity contribution in [3.8, 4) is 5.75 Å². The number of rotatable bonds is 5. The molecular formula is C18H20N4O4S. The monoisotopic (exact) mass is 388 g/mol. The van der Waals surface area contributed by atoms with E-state index in [9.17, 15) is 13.5 Å². The zero-order valence-corrected chi connectivity index (χ0v) is 15.8. The predicted octanol–water partition coefficient (Wildman–Crippen LogP) is 1.74. The SMILES string of the molecule is COc1ccc(S(=O)(=O)N2CC(n3cc([C@@H](C)O)nn3)C2)c2ccccc12. The third-order valence-corrected chi connectivity index (χ3v) is 6.73. The first-order chi connectivity index (χ1) is 12.9. The average molecular weight is 388 g/mol. The van der Waals surface area contributed by atoms with E-state index in [1.165, 1.54) is 4.31 Å². The number of hydrogen-bond acceptors (Lipinski definition) is 6. The number of aliphatic hydroxyl groups is 1. The molecule has 4 rings (SSSR count). The van der Waals surface area contributed by atoms with E-state index in [1.807, 2.05) is 18.2 Å². The van der Waals surface area contributed by atoms with E-state index in [-0.39, 0.29) is 10.9 Å². The van der Waals surface area contributed by atoms with Gasteiger partial charge in [-0.3, -0.25) is 0 Å². The van der Waals surface area contributed by atoms with Gasteiger partial charge in [-0.25, -0.2) is 13.1 Å². The molecule has 0 radical (unpaired) electrons. The summed E-state index contributed by atoms with van der Waals surface area (Å²) in [6.45, 7) is 2.23. The van der Waals surface area contributed by atoms with Gasteiger partial charge < -0.3 is 9.84 Å². The normalized spacial score (nSPS) is 17.0. The number of benzene rings is 2. The minimum atomic E-state index is -3.64. The van der Waals surface area contributed by atoms with Crippen molar-refractivity contribution in [1.82, 2.24) is 19.3 Å². The number of nitrogens with zero attached hydrogens (tertiary/aromatic N) is 4. The largest absolute Gasteiger partial charge is 0.496 e. The first-order valence-corrected chi connectivity index (χ1v) is 10.0. The smallest absolute Gasteiger partial charge is 0.243 e. The number of ether oxygens (including phenoxy) is 1. The van der Waals surface area contributed by atoms with Gasteiger partial charge in [0.15, 0.2) is 0 Å². The van der Waals surface area contributed by atoms with Gasteiger partial charge in [-0.05, 0) is 19.1 Å². The van der Waals surface area contributed by atoms with Crippen molar-refractivity contribution < 1.29 is 18.3 Å². The number of hydrogen-bond donors (Lipinski definition) is 1. The molecule has 142 valence electrons. The van der Waals surface area contributed by atoms with Crippen LogP contribution in [0.1, 0.15) is 24.8 Å². The highest BCUT2D eigenvalue weighted by Crippen LogP contribution is 2.35. The summed E-state index contributed by atoms with van der Waals surface area (Å²) in [6.07, 6.45) is 0.951. The highest BCUT2D eigenvalue weighted by molar-refractivity contribution is 7.89. The summed E-state index contributed by atoms with van der Waals surface area (Å²) in [7, 11) is -2.07. The van der Waals surface area contributed by atoms with Crippen LogP contribution >= 0.6 is 0 Å². The lowest BCUT2D eigenvalue weighted by Gasteiger charge is -2.37. The number of sulfonamides is 1. The zero-order valence-electron chi connectivity index (χ0n) is 15.0. The van der Waals surface area contributed by atoms with Gasteiger partial charge in [0.25, 0.3) is 0 Å². The minimum absolute atomic E-state index is 0.0933. The quantitative estimate of drug-likeness (QED) is 0.715. The Hall–Kier alpha value is -2.49. The van der Waals surface area contributed by atoms with Gasteiger partial charge in [0.05, 0.1) is 30.3 Å². The lowest BCUT2D eigenvalue weighted by molar-refractivity contribution is 0.187. The fraction of sp³-hybridized carbons (Fsp3) is 0.333. The van der Waals surface area contributed by atoms with E-state index >= 15 is 0 Å². The molecule has 2 heterocycles. The van der Waals surface area contributed by atoms with Crippen molar-refractivity contribution in [2.45, 2.75) is 24.0 Å². The lowest BCUT2D eigenvalue weighted by Crippen LogP contribution is -2.50. The molecule has 0 aliphatic carbocycles. The standard InChI is InChI=1S/C18H20N4O4S/c1-12(23)16-11-22(20-19-16)13-9-21(10-13)27(24,25)18-8-7-17(26-2)14-5-3-4-6-15(14)18/h3-8,11-13,23H,9-10H2,1-2H3/t12-/m1/s1. The number of fused-ring (bicyclic) bond motifs is 1. The average Bonchev–Trinajstić information content (AvgIpc) is 3.09. The molecule has 27 heavy (non-hydrogen) atoms. The van der Waals surface area contributed by atoms with Crippen LogP contribution in [-0.4, -0.2) is 53.0 Å². The van der Waals surface area contributed by atoms with Crippen LogP contribution in [0, 0.1) is 0 Å². The Kier molecular flexibility index (Phi) is 4.37. The van der Waals surface area contributed by atoms with E-state index in [0.717, 1.165) is 5.39 Å². The summed E-state index contributed by atoms with van der Waals surface area (Å²) in [4.78, 5) is 0.264. The van der Waals surface area contributed by atoms with Crippen molar-refractivity contribution in [3.05, 3.63) is 48.3 Å². The lowest BCUT2D eigenvalue weighted by atomic mass is 10.1. The topological polar surface area (TPSA) is 97.6 Å². The van der Waals surface area contributed by atoms with Crippen molar-refractivity contribution >= 4 is 20.8 Å². The number of aromatic nitrogens is 3. The molecule has 1 atom stereocenters. The molecule has 1 aliphatic rings. The highest BCUT2D eigenvalue weighted by atomic mass is 32.2. The van der Waals surface area contributed by atoms with Gasteiger partial charge in [0.2, 0.25) is 10.0 Å². The summed E-state index contributed by atoms with van der Waals surface area (Å²) in [6, 6.07) is 10.5. The van der Waals surface area contributed by atoms with Crippen LogP contribution in [0.25, 0.3) is 10.8 Å². The summed E-state index contributed by atoms with van der Waals surface area (Å²) in [5.41, 5.74) is 0.470. The Morgan fingerprint density at radius 3 is 2.52 bits per heavy atom. The highest BCUT2D eigenvalue weighted by Gasteiger charge is 2.39. The Bertz CT molecular complexity index is 1090. The molecule has 0 unspecified atom stereocenters. The first-order valence-electron chi connectivity index (χ1n) is 8.57. The molecular weight excluding hydrogens is 368 g/mol. The van der Waals surface area contributed by atoms with Crippen LogP contribution in [0.5, 0.6) is 5.75 Å². The Morgan fingerprint density at radius 1 is 1.19 bits per heavy atom. The van der Waals surface area contributed by atoms with Crippen LogP contribution in [0.3, 0.4) is 0 Å². The van der Waals surface area contributed by atoms with E-state index in [0.29, 0.717) is 29.9 Å². The first kappa shape index (κ1) is 17.9. The maximum absolute atomic E-state index is 13.1. The van der Waals surface area contributed by atoms with Crippen molar-refractivity contribution in [1.29, 1.82) is 0 Å². The van der Waals surface area contributed by atoms with E-state index in [2.05, 4.69) is 10.3 Å². The van der Waals surface area contributed by atoms with Crippen LogP contribution in [-0.2, 0) is 10.0 Å². The molecule has 8 nitrogen and oxygen atoms in total. The Morgan fingerprint density at radius 2 is 1.89 bits per heavy atom. The fourth-order valence-electron chi connectivity index (χ4n) is 3.23. The molecule has 1 aromatic heterocycles. The molecule has 1 fully saturated rings. The van der Waals surface area contributed by atoms with Crippen LogP contribution in [0.15, 0.2) is 47.5 Å². The van der Waals surface area contributed by atoms with Crippen LogP contribution in [0.4, 0.5) is 0 Å². The van der Waals surface area contributed by atoms with Crippen molar-refractivity contribution in [3.63, 3.8) is 0 Å². The van der Waals surface area contributed by atoms with Gasteiger partial charge in [-0.2, -0.15) is 4.31 Å². The molecule has 1 aliphatic heterocycles.